The molecule has 1 fully saturated rings. The van der Waals surface area contributed by atoms with Crippen molar-refractivity contribution in [3.63, 3.8) is 0 Å². The van der Waals surface area contributed by atoms with Gasteiger partial charge < -0.3 is 5.11 Å². The molecule has 1 saturated carbocycles. The third-order valence-electron chi connectivity index (χ3n) is 1.31. The Kier molecular flexibility index (Phi) is 2.42. The summed E-state index contributed by atoms with van der Waals surface area (Å²) in [5, 5.41) is 8.62. The van der Waals surface area contributed by atoms with Gasteiger partial charge in [0.1, 0.15) is 0 Å². The maximum absolute atomic E-state index is 11.8. The third kappa shape index (κ3) is 2.09. The molecule has 61 valence electrons. The average Bonchev–Trinajstić information content (AvgIpc) is 2.34. The highest BCUT2D eigenvalue weighted by atomic mass is 19.4. The van der Waals surface area contributed by atoms with Gasteiger partial charge in [-0.05, 0) is 25.7 Å². The summed E-state index contributed by atoms with van der Waals surface area (Å²) in [7, 11) is 0. The minimum absolute atomic E-state index is 0.113. The molecule has 0 amide bonds. The fourth-order valence-electron chi connectivity index (χ4n) is 0.760. The van der Waals surface area contributed by atoms with E-state index in [4.69, 9.17) is 5.11 Å². The maximum Gasteiger partial charge on any atom is 0.414 e. The summed E-state index contributed by atoms with van der Waals surface area (Å²) in [6.45, 7) is 0. The molecule has 0 bridgehead atoms. The molecule has 1 rings (SSSR count). The first kappa shape index (κ1) is 8.84. The number of aliphatic hydroxyl groups excluding tert-OH is 1. The quantitative estimate of drug-likeness (QED) is 0.618. The van der Waals surface area contributed by atoms with E-state index in [1.54, 1.807) is 0 Å². The molecule has 1 nitrogen and oxygen atoms in total. The molecule has 1 aliphatic carbocycles. The van der Waals surface area contributed by atoms with Gasteiger partial charge in [0, 0.05) is 5.92 Å². The highest BCUT2D eigenvalue weighted by molar-refractivity contribution is 5.38. The number of rotatable bonds is 1. The SMILES string of the molecule is OC([C]1[CH][CH][CH][CH]1)C(F)(F)F. The van der Waals surface area contributed by atoms with Gasteiger partial charge in [-0.1, -0.05) is 0 Å². The van der Waals surface area contributed by atoms with Gasteiger partial charge >= 0.3 is 6.18 Å². The number of alkyl halides is 3. The standard InChI is InChI=1S/C7H6F3O/c8-7(9,10)6(11)5-3-1-2-4-5/h1-4,6,11H. The van der Waals surface area contributed by atoms with Crippen LogP contribution in [0.4, 0.5) is 13.2 Å². The molecule has 0 aliphatic heterocycles. The second kappa shape index (κ2) is 3.01. The summed E-state index contributed by atoms with van der Waals surface area (Å²) in [4.78, 5) is 0. The molecule has 5 radical (unpaired) electrons. The molecular weight excluding hydrogens is 157 g/mol. The van der Waals surface area contributed by atoms with Crippen molar-refractivity contribution in [3.05, 3.63) is 31.6 Å². The molecule has 11 heavy (non-hydrogen) atoms. The predicted octanol–water partition coefficient (Wildman–Crippen LogP) is 1.31. The van der Waals surface area contributed by atoms with Crippen LogP contribution in [0.25, 0.3) is 0 Å². The Balaban J connectivity index is 2.46. The Morgan fingerprint density at radius 2 is 1.64 bits per heavy atom. The van der Waals surface area contributed by atoms with Crippen molar-refractivity contribution in [1.82, 2.24) is 0 Å². The van der Waals surface area contributed by atoms with Crippen LogP contribution < -0.4 is 0 Å². The highest BCUT2D eigenvalue weighted by Gasteiger charge is 2.44. The van der Waals surface area contributed by atoms with Crippen molar-refractivity contribution in [1.29, 1.82) is 0 Å². The Bertz CT molecular complexity index is 126. The van der Waals surface area contributed by atoms with Crippen LogP contribution >= 0.6 is 0 Å². The van der Waals surface area contributed by atoms with Crippen molar-refractivity contribution in [2.45, 2.75) is 12.3 Å². The van der Waals surface area contributed by atoms with E-state index >= 15 is 0 Å². The monoisotopic (exact) mass is 163 g/mol. The fraction of sp³-hybridized carbons (Fsp3) is 0.286. The fourth-order valence-corrected chi connectivity index (χ4v) is 0.760. The smallest absolute Gasteiger partial charge is 0.383 e. The predicted molar refractivity (Wildman–Crippen MR) is 32.5 cm³/mol. The van der Waals surface area contributed by atoms with Crippen molar-refractivity contribution in [2.75, 3.05) is 0 Å². The molecule has 1 unspecified atom stereocenters. The maximum atomic E-state index is 11.8. The molecule has 0 aromatic carbocycles. The average molecular weight is 163 g/mol. The number of hydrogen-bond donors (Lipinski definition) is 1. The normalized spacial score (nSPS) is 24.0. The van der Waals surface area contributed by atoms with Crippen molar-refractivity contribution < 1.29 is 18.3 Å². The molecule has 4 heteroatoms. The molecule has 1 N–H and O–H groups in total. The van der Waals surface area contributed by atoms with E-state index in [2.05, 4.69) is 0 Å². The van der Waals surface area contributed by atoms with E-state index in [-0.39, 0.29) is 5.92 Å². The van der Waals surface area contributed by atoms with Crippen LogP contribution in [0.5, 0.6) is 0 Å². The number of aliphatic hydroxyl groups is 1. The first-order chi connectivity index (χ1) is 5.02. The van der Waals surface area contributed by atoms with Gasteiger partial charge in [-0.3, -0.25) is 0 Å². The second-order valence-electron chi connectivity index (χ2n) is 2.16. The van der Waals surface area contributed by atoms with Crippen LogP contribution in [-0.4, -0.2) is 17.4 Å². The molecule has 0 saturated heterocycles. The molecular formula is C7H6F3O. The topological polar surface area (TPSA) is 20.2 Å². The Hall–Kier alpha value is -0.250. The van der Waals surface area contributed by atoms with Crippen LogP contribution in [0.15, 0.2) is 0 Å². The Morgan fingerprint density at radius 1 is 1.18 bits per heavy atom. The highest BCUT2D eigenvalue weighted by Crippen LogP contribution is 2.34. The molecule has 0 aromatic heterocycles. The van der Waals surface area contributed by atoms with Gasteiger partial charge in [-0.15, -0.1) is 0 Å². The van der Waals surface area contributed by atoms with Gasteiger partial charge in [0.05, 0.1) is 0 Å². The third-order valence-corrected chi connectivity index (χ3v) is 1.31. The molecule has 0 aromatic rings. The molecule has 1 aliphatic rings. The lowest BCUT2D eigenvalue weighted by molar-refractivity contribution is -0.195. The molecule has 0 heterocycles. The van der Waals surface area contributed by atoms with E-state index < -0.39 is 12.3 Å². The van der Waals surface area contributed by atoms with Crippen molar-refractivity contribution in [2.24, 2.45) is 0 Å². The van der Waals surface area contributed by atoms with Crippen LogP contribution in [0, 0.1) is 31.6 Å². The minimum atomic E-state index is -4.56. The summed E-state index contributed by atoms with van der Waals surface area (Å²) in [6, 6.07) is 0. The summed E-state index contributed by atoms with van der Waals surface area (Å²) >= 11 is 0. The van der Waals surface area contributed by atoms with Crippen LogP contribution in [0.2, 0.25) is 0 Å². The molecule has 0 spiro atoms. The molecule has 1 atom stereocenters. The summed E-state index contributed by atoms with van der Waals surface area (Å²) in [5.41, 5.74) is 0. The zero-order valence-electron chi connectivity index (χ0n) is 5.47. The lowest BCUT2D eigenvalue weighted by atomic mass is 10.0. The number of halogens is 3. The lowest BCUT2D eigenvalue weighted by Gasteiger charge is -2.18. The van der Waals surface area contributed by atoms with Gasteiger partial charge in [0.2, 0.25) is 0 Å². The van der Waals surface area contributed by atoms with Gasteiger partial charge in [-0.25, -0.2) is 0 Å². The van der Waals surface area contributed by atoms with Crippen molar-refractivity contribution >= 4 is 0 Å². The zero-order chi connectivity index (χ0) is 8.48. The van der Waals surface area contributed by atoms with Gasteiger partial charge in [0.25, 0.3) is 0 Å². The van der Waals surface area contributed by atoms with Gasteiger partial charge in [-0.2, -0.15) is 13.2 Å². The largest absolute Gasteiger partial charge is 0.414 e. The van der Waals surface area contributed by atoms with Crippen LogP contribution in [0.1, 0.15) is 0 Å². The van der Waals surface area contributed by atoms with Crippen LogP contribution in [0.3, 0.4) is 0 Å². The zero-order valence-corrected chi connectivity index (χ0v) is 5.47. The second-order valence-corrected chi connectivity index (χ2v) is 2.16. The van der Waals surface area contributed by atoms with E-state index in [1.165, 1.54) is 25.7 Å². The van der Waals surface area contributed by atoms with E-state index in [0.717, 1.165) is 0 Å². The van der Waals surface area contributed by atoms with Gasteiger partial charge in [0.15, 0.2) is 6.10 Å². The summed E-state index contributed by atoms with van der Waals surface area (Å²) in [6.07, 6.45) is -1.54. The van der Waals surface area contributed by atoms with E-state index in [0.29, 0.717) is 0 Å². The first-order valence-corrected chi connectivity index (χ1v) is 2.98. The van der Waals surface area contributed by atoms with E-state index in [1.807, 2.05) is 0 Å². The van der Waals surface area contributed by atoms with Crippen molar-refractivity contribution in [3.8, 4) is 0 Å². The Labute approximate surface area is 63.2 Å². The number of hydrogen-bond acceptors (Lipinski definition) is 1. The van der Waals surface area contributed by atoms with E-state index in [9.17, 15) is 13.2 Å². The summed E-state index contributed by atoms with van der Waals surface area (Å²) < 4.78 is 35.3. The summed E-state index contributed by atoms with van der Waals surface area (Å²) in [5.74, 6) is -0.113. The Morgan fingerprint density at radius 3 is 2.00 bits per heavy atom. The van der Waals surface area contributed by atoms with Crippen LogP contribution in [-0.2, 0) is 0 Å². The first-order valence-electron chi connectivity index (χ1n) is 2.98. The lowest BCUT2D eigenvalue weighted by Crippen LogP contribution is -2.33. The minimum Gasteiger partial charge on any atom is -0.383 e.